The molecule has 74 valence electrons. The van der Waals surface area contributed by atoms with E-state index in [9.17, 15) is 4.79 Å². The van der Waals surface area contributed by atoms with Crippen molar-refractivity contribution in [1.29, 1.82) is 0 Å². The van der Waals surface area contributed by atoms with Crippen LogP contribution in [0.25, 0.3) is 0 Å². The first kappa shape index (κ1) is 8.99. The Labute approximate surface area is 82.2 Å². The average molecular weight is 192 g/mol. The molecule has 1 saturated carbocycles. The number of anilines is 1. The molecule has 0 unspecified atom stereocenters. The second-order valence-electron chi connectivity index (χ2n) is 3.54. The fraction of sp³-hybridized carbons (Fsp3) is 0.400. The zero-order valence-electron chi connectivity index (χ0n) is 7.97. The Balaban J connectivity index is 2.34. The summed E-state index contributed by atoms with van der Waals surface area (Å²) in [7, 11) is 1.92. The summed E-state index contributed by atoms with van der Waals surface area (Å²) in [6.07, 6.45) is 5.41. The third-order valence-corrected chi connectivity index (χ3v) is 2.51. The predicted octanol–water partition coefficient (Wildman–Crippen LogP) is 1.38. The number of hydrogen-bond donors (Lipinski definition) is 1. The highest BCUT2D eigenvalue weighted by Crippen LogP contribution is 2.31. The predicted molar refractivity (Wildman–Crippen MR) is 52.6 cm³/mol. The molecule has 0 aromatic carbocycles. The molecule has 0 aliphatic heterocycles. The van der Waals surface area contributed by atoms with Crippen molar-refractivity contribution in [2.75, 3.05) is 11.9 Å². The van der Waals surface area contributed by atoms with Crippen LogP contribution in [0.15, 0.2) is 18.5 Å². The minimum atomic E-state index is -0.894. The molecular formula is C10H12N2O2. The van der Waals surface area contributed by atoms with Crippen molar-refractivity contribution in [2.45, 2.75) is 18.9 Å². The molecule has 4 nitrogen and oxygen atoms in total. The van der Waals surface area contributed by atoms with Crippen LogP contribution in [0.5, 0.6) is 0 Å². The Kier molecular flexibility index (Phi) is 2.11. The van der Waals surface area contributed by atoms with Gasteiger partial charge in [0, 0.05) is 19.3 Å². The number of hydrogen-bond acceptors (Lipinski definition) is 3. The number of pyridine rings is 1. The first-order valence-electron chi connectivity index (χ1n) is 4.60. The number of carboxylic acid groups (broad SMARTS) is 1. The highest BCUT2D eigenvalue weighted by atomic mass is 16.4. The van der Waals surface area contributed by atoms with E-state index in [1.54, 1.807) is 6.20 Å². The Hall–Kier alpha value is -1.58. The van der Waals surface area contributed by atoms with Gasteiger partial charge in [0.05, 0.1) is 17.4 Å². The van der Waals surface area contributed by atoms with Crippen molar-refractivity contribution >= 4 is 11.7 Å². The van der Waals surface area contributed by atoms with E-state index in [-0.39, 0.29) is 0 Å². The Morgan fingerprint density at radius 2 is 2.36 bits per heavy atom. The molecule has 2 rings (SSSR count). The summed E-state index contributed by atoms with van der Waals surface area (Å²) in [5.74, 6) is -0.894. The first-order valence-corrected chi connectivity index (χ1v) is 4.60. The van der Waals surface area contributed by atoms with Gasteiger partial charge in [0.1, 0.15) is 0 Å². The largest absolute Gasteiger partial charge is 0.478 e. The maximum Gasteiger partial charge on any atom is 0.337 e. The van der Waals surface area contributed by atoms with Gasteiger partial charge in [-0.05, 0) is 18.9 Å². The molecule has 0 atom stereocenters. The van der Waals surface area contributed by atoms with E-state index in [2.05, 4.69) is 4.98 Å². The van der Waals surface area contributed by atoms with Crippen LogP contribution in [-0.4, -0.2) is 29.1 Å². The summed E-state index contributed by atoms with van der Waals surface area (Å²) in [4.78, 5) is 16.9. The minimum Gasteiger partial charge on any atom is -0.478 e. The molecule has 0 amide bonds. The normalized spacial score (nSPS) is 15.2. The number of nitrogens with zero attached hydrogens (tertiary/aromatic N) is 2. The van der Waals surface area contributed by atoms with E-state index < -0.39 is 5.97 Å². The van der Waals surface area contributed by atoms with Crippen LogP contribution in [-0.2, 0) is 0 Å². The van der Waals surface area contributed by atoms with E-state index in [0.717, 1.165) is 12.8 Å². The number of carbonyl (C=O) groups is 1. The van der Waals surface area contributed by atoms with Gasteiger partial charge in [-0.3, -0.25) is 4.98 Å². The van der Waals surface area contributed by atoms with Gasteiger partial charge in [-0.25, -0.2) is 4.79 Å². The number of carboxylic acids is 1. The molecule has 1 fully saturated rings. The molecule has 1 heterocycles. The first-order chi connectivity index (χ1) is 6.70. The topological polar surface area (TPSA) is 53.4 Å². The van der Waals surface area contributed by atoms with E-state index >= 15 is 0 Å². The summed E-state index contributed by atoms with van der Waals surface area (Å²) < 4.78 is 0. The van der Waals surface area contributed by atoms with E-state index in [4.69, 9.17) is 5.11 Å². The van der Waals surface area contributed by atoms with Gasteiger partial charge in [-0.2, -0.15) is 0 Å². The van der Waals surface area contributed by atoms with Crippen LogP contribution in [0.2, 0.25) is 0 Å². The summed E-state index contributed by atoms with van der Waals surface area (Å²) in [5, 5.41) is 8.96. The van der Waals surface area contributed by atoms with Gasteiger partial charge in [0.15, 0.2) is 0 Å². The molecule has 1 aliphatic carbocycles. The fourth-order valence-electron chi connectivity index (χ4n) is 1.51. The van der Waals surface area contributed by atoms with Crippen molar-refractivity contribution in [2.24, 2.45) is 0 Å². The number of aromatic nitrogens is 1. The van der Waals surface area contributed by atoms with Crippen molar-refractivity contribution in [3.8, 4) is 0 Å². The number of rotatable bonds is 3. The van der Waals surface area contributed by atoms with Gasteiger partial charge in [-0.1, -0.05) is 0 Å². The molecule has 1 aromatic rings. The lowest BCUT2D eigenvalue weighted by atomic mass is 10.2. The molecule has 0 spiro atoms. The highest BCUT2D eigenvalue weighted by Gasteiger charge is 2.28. The van der Waals surface area contributed by atoms with E-state index in [1.165, 1.54) is 12.3 Å². The van der Waals surface area contributed by atoms with Crippen molar-refractivity contribution in [1.82, 2.24) is 4.98 Å². The van der Waals surface area contributed by atoms with Crippen molar-refractivity contribution in [3.05, 3.63) is 24.0 Å². The summed E-state index contributed by atoms with van der Waals surface area (Å²) in [5.41, 5.74) is 1.04. The fourth-order valence-corrected chi connectivity index (χ4v) is 1.51. The van der Waals surface area contributed by atoms with Crippen LogP contribution in [0.4, 0.5) is 5.69 Å². The monoisotopic (exact) mass is 192 g/mol. The highest BCUT2D eigenvalue weighted by molar-refractivity contribution is 5.94. The Morgan fingerprint density at radius 3 is 2.93 bits per heavy atom. The molecule has 0 bridgehead atoms. The van der Waals surface area contributed by atoms with E-state index in [1.807, 2.05) is 11.9 Å². The maximum atomic E-state index is 10.9. The Bertz CT molecular complexity index is 361. The quantitative estimate of drug-likeness (QED) is 0.786. The summed E-state index contributed by atoms with van der Waals surface area (Å²) >= 11 is 0. The van der Waals surface area contributed by atoms with Crippen molar-refractivity contribution in [3.63, 3.8) is 0 Å². The summed E-state index contributed by atoms with van der Waals surface area (Å²) in [6.45, 7) is 0. The zero-order valence-corrected chi connectivity index (χ0v) is 7.97. The molecule has 0 radical (unpaired) electrons. The van der Waals surface area contributed by atoms with Gasteiger partial charge in [0.2, 0.25) is 0 Å². The lowest BCUT2D eigenvalue weighted by molar-refractivity contribution is 0.0697. The van der Waals surface area contributed by atoms with Gasteiger partial charge in [0.25, 0.3) is 0 Å². The van der Waals surface area contributed by atoms with E-state index in [0.29, 0.717) is 17.3 Å². The second kappa shape index (κ2) is 3.29. The van der Waals surface area contributed by atoms with Crippen LogP contribution in [0, 0.1) is 0 Å². The SMILES string of the molecule is CN(c1cnccc1C(=O)O)C1CC1. The average Bonchev–Trinajstić information content (AvgIpc) is 3.00. The molecule has 4 heteroatoms. The van der Waals surface area contributed by atoms with Gasteiger partial charge in [-0.15, -0.1) is 0 Å². The minimum absolute atomic E-state index is 0.328. The lowest BCUT2D eigenvalue weighted by Gasteiger charge is -2.19. The molecule has 1 aliphatic rings. The third kappa shape index (κ3) is 1.55. The third-order valence-electron chi connectivity index (χ3n) is 2.51. The molecule has 1 aromatic heterocycles. The Morgan fingerprint density at radius 1 is 1.64 bits per heavy atom. The van der Waals surface area contributed by atoms with Crippen molar-refractivity contribution < 1.29 is 9.90 Å². The van der Waals surface area contributed by atoms with Gasteiger partial charge < -0.3 is 10.0 Å². The van der Waals surface area contributed by atoms with Crippen LogP contribution >= 0.6 is 0 Å². The van der Waals surface area contributed by atoms with Crippen LogP contribution in [0.1, 0.15) is 23.2 Å². The van der Waals surface area contributed by atoms with Crippen LogP contribution < -0.4 is 4.90 Å². The van der Waals surface area contributed by atoms with Gasteiger partial charge >= 0.3 is 5.97 Å². The number of aromatic carboxylic acids is 1. The molecule has 1 N–H and O–H groups in total. The van der Waals surface area contributed by atoms with Crippen LogP contribution in [0.3, 0.4) is 0 Å². The second-order valence-corrected chi connectivity index (χ2v) is 3.54. The standard InChI is InChI=1S/C10H12N2O2/c1-12(7-2-3-7)9-6-11-5-4-8(9)10(13)14/h4-7H,2-3H2,1H3,(H,13,14). The summed E-state index contributed by atoms with van der Waals surface area (Å²) in [6, 6.07) is 2.04. The maximum absolute atomic E-state index is 10.9. The molecule has 14 heavy (non-hydrogen) atoms. The molecular weight excluding hydrogens is 180 g/mol. The lowest BCUT2D eigenvalue weighted by Crippen LogP contribution is -2.22. The molecule has 0 saturated heterocycles. The smallest absolute Gasteiger partial charge is 0.337 e. The zero-order chi connectivity index (χ0) is 10.1.